The molecule has 6 nitrogen and oxygen atoms in total. The fraction of sp³-hybridized carbons (Fsp3) is 0.545. The van der Waals surface area contributed by atoms with Gasteiger partial charge in [-0.2, -0.15) is 0 Å². The van der Waals surface area contributed by atoms with E-state index in [2.05, 4.69) is 22.6 Å². The third-order valence-electron chi connectivity index (χ3n) is 5.63. The van der Waals surface area contributed by atoms with E-state index in [-0.39, 0.29) is 11.3 Å². The molecule has 2 heterocycles. The largest absolute Gasteiger partial charge is 0.494 e. The van der Waals surface area contributed by atoms with Crippen LogP contribution in [-0.4, -0.2) is 37.4 Å². The minimum absolute atomic E-state index is 0.0526. The summed E-state index contributed by atoms with van der Waals surface area (Å²) < 4.78 is 16.3. The van der Waals surface area contributed by atoms with E-state index in [1.807, 2.05) is 32.9 Å². The molecule has 0 unspecified atom stereocenters. The van der Waals surface area contributed by atoms with Crippen LogP contribution in [0.5, 0.6) is 5.75 Å². The normalized spacial score (nSPS) is 16.0. The minimum atomic E-state index is -0.0956. The number of aromatic nitrogens is 1. The van der Waals surface area contributed by atoms with Gasteiger partial charge in [0, 0.05) is 37.2 Å². The van der Waals surface area contributed by atoms with Crippen molar-refractivity contribution in [1.82, 2.24) is 10.5 Å². The van der Waals surface area contributed by atoms with Crippen molar-refractivity contribution in [2.75, 3.05) is 26.4 Å². The molecule has 1 fully saturated rings. The van der Waals surface area contributed by atoms with Crippen molar-refractivity contribution in [1.29, 1.82) is 0 Å². The number of aryl methyl sites for hydroxylation is 2. The average molecular weight is 386 g/mol. The lowest BCUT2D eigenvalue weighted by molar-refractivity contribution is -0.121. The van der Waals surface area contributed by atoms with Gasteiger partial charge in [0.15, 0.2) is 0 Å². The molecule has 0 aliphatic carbocycles. The van der Waals surface area contributed by atoms with Crippen LogP contribution >= 0.6 is 0 Å². The van der Waals surface area contributed by atoms with Crippen LogP contribution in [0, 0.1) is 13.8 Å². The Morgan fingerprint density at radius 3 is 2.54 bits per heavy atom. The van der Waals surface area contributed by atoms with Crippen molar-refractivity contribution in [2.24, 2.45) is 0 Å². The number of carbonyl (C=O) groups excluding carboxylic acids is 1. The van der Waals surface area contributed by atoms with Crippen molar-refractivity contribution in [3.8, 4) is 5.75 Å². The number of rotatable bonds is 8. The number of hydrogen-bond acceptors (Lipinski definition) is 5. The van der Waals surface area contributed by atoms with E-state index in [1.165, 1.54) is 5.56 Å². The van der Waals surface area contributed by atoms with Gasteiger partial charge in [-0.05, 0) is 57.7 Å². The molecule has 1 N–H and O–H groups in total. The van der Waals surface area contributed by atoms with Gasteiger partial charge in [0.1, 0.15) is 11.5 Å². The van der Waals surface area contributed by atoms with Gasteiger partial charge in [-0.15, -0.1) is 0 Å². The van der Waals surface area contributed by atoms with Gasteiger partial charge in [-0.1, -0.05) is 17.3 Å². The standard InChI is InChI=1S/C22H30N2O4/c1-4-27-19-7-5-18(6-8-19)22(11-13-26-14-12-22)15-23-21(25)10-9-20-16(2)24-28-17(20)3/h5-8H,4,9-15H2,1-3H3,(H,23,25). The molecular formula is C22H30N2O4. The Kier molecular flexibility index (Phi) is 6.73. The molecule has 1 aromatic carbocycles. The summed E-state index contributed by atoms with van der Waals surface area (Å²) in [4.78, 5) is 12.5. The Balaban J connectivity index is 1.63. The third-order valence-corrected chi connectivity index (χ3v) is 5.63. The number of hydrogen-bond donors (Lipinski definition) is 1. The minimum Gasteiger partial charge on any atom is -0.494 e. The monoisotopic (exact) mass is 386 g/mol. The molecule has 1 aromatic heterocycles. The molecule has 0 saturated carbocycles. The van der Waals surface area contributed by atoms with Crippen LogP contribution in [-0.2, 0) is 21.4 Å². The van der Waals surface area contributed by atoms with E-state index in [9.17, 15) is 4.79 Å². The van der Waals surface area contributed by atoms with Gasteiger partial charge in [-0.3, -0.25) is 4.79 Å². The van der Waals surface area contributed by atoms with E-state index >= 15 is 0 Å². The fourth-order valence-electron chi connectivity index (χ4n) is 3.85. The van der Waals surface area contributed by atoms with Crippen LogP contribution in [0.25, 0.3) is 0 Å². The third kappa shape index (κ3) is 4.73. The van der Waals surface area contributed by atoms with Crippen LogP contribution in [0.1, 0.15) is 48.8 Å². The molecule has 28 heavy (non-hydrogen) atoms. The second-order valence-electron chi connectivity index (χ2n) is 7.43. The van der Waals surface area contributed by atoms with Gasteiger partial charge < -0.3 is 19.3 Å². The van der Waals surface area contributed by atoms with E-state index < -0.39 is 0 Å². The van der Waals surface area contributed by atoms with E-state index in [4.69, 9.17) is 14.0 Å². The molecule has 152 valence electrons. The average Bonchev–Trinajstić information content (AvgIpc) is 3.04. The number of carbonyl (C=O) groups is 1. The molecular weight excluding hydrogens is 356 g/mol. The summed E-state index contributed by atoms with van der Waals surface area (Å²) >= 11 is 0. The highest BCUT2D eigenvalue weighted by molar-refractivity contribution is 5.76. The van der Waals surface area contributed by atoms with Gasteiger partial charge in [0.2, 0.25) is 5.91 Å². The van der Waals surface area contributed by atoms with Crippen molar-refractivity contribution in [2.45, 2.75) is 51.9 Å². The zero-order valence-corrected chi connectivity index (χ0v) is 17.0. The van der Waals surface area contributed by atoms with Crippen molar-refractivity contribution >= 4 is 5.91 Å². The van der Waals surface area contributed by atoms with E-state index in [0.29, 0.717) is 39.2 Å². The first-order valence-electron chi connectivity index (χ1n) is 10.0. The number of nitrogens with one attached hydrogen (secondary N) is 1. The number of amides is 1. The van der Waals surface area contributed by atoms with Crippen molar-refractivity contribution in [3.63, 3.8) is 0 Å². The summed E-state index contributed by atoms with van der Waals surface area (Å²) in [5, 5.41) is 7.11. The van der Waals surface area contributed by atoms with Crippen molar-refractivity contribution < 1.29 is 18.8 Å². The Morgan fingerprint density at radius 1 is 1.21 bits per heavy atom. The van der Waals surface area contributed by atoms with Crippen LogP contribution in [0.3, 0.4) is 0 Å². The molecule has 1 aliphatic rings. The lowest BCUT2D eigenvalue weighted by atomic mass is 9.74. The van der Waals surface area contributed by atoms with Crippen LogP contribution in [0.15, 0.2) is 28.8 Å². The Bertz CT molecular complexity index is 757. The van der Waals surface area contributed by atoms with Gasteiger partial charge >= 0.3 is 0 Å². The quantitative estimate of drug-likeness (QED) is 0.752. The molecule has 2 aromatic rings. The first-order valence-corrected chi connectivity index (χ1v) is 10.0. The smallest absolute Gasteiger partial charge is 0.220 e. The Labute approximate surface area is 166 Å². The maximum atomic E-state index is 12.5. The summed E-state index contributed by atoms with van der Waals surface area (Å²) in [5.74, 6) is 1.72. The summed E-state index contributed by atoms with van der Waals surface area (Å²) in [7, 11) is 0. The fourth-order valence-corrected chi connectivity index (χ4v) is 3.85. The molecule has 6 heteroatoms. The Hall–Kier alpha value is -2.34. The zero-order chi connectivity index (χ0) is 20.0. The Morgan fingerprint density at radius 2 is 1.93 bits per heavy atom. The predicted molar refractivity (Wildman–Crippen MR) is 107 cm³/mol. The second kappa shape index (κ2) is 9.24. The van der Waals surface area contributed by atoms with Crippen molar-refractivity contribution in [3.05, 3.63) is 46.8 Å². The summed E-state index contributed by atoms with van der Waals surface area (Å²) in [6.45, 7) is 8.46. The molecule has 0 radical (unpaired) electrons. The lowest BCUT2D eigenvalue weighted by Gasteiger charge is -2.38. The van der Waals surface area contributed by atoms with Crippen LogP contribution in [0.2, 0.25) is 0 Å². The number of nitrogens with zero attached hydrogens (tertiary/aromatic N) is 1. The SMILES string of the molecule is CCOc1ccc(C2(CNC(=O)CCc3c(C)noc3C)CCOCC2)cc1. The van der Waals surface area contributed by atoms with Gasteiger partial charge in [-0.25, -0.2) is 0 Å². The molecule has 1 aliphatic heterocycles. The first kappa shape index (κ1) is 20.4. The highest BCUT2D eigenvalue weighted by Crippen LogP contribution is 2.35. The van der Waals surface area contributed by atoms with Gasteiger partial charge in [0.05, 0.1) is 12.3 Å². The molecule has 0 atom stereocenters. The molecule has 3 rings (SSSR count). The summed E-state index contributed by atoms with van der Waals surface area (Å²) in [6, 6.07) is 8.25. The topological polar surface area (TPSA) is 73.6 Å². The maximum absolute atomic E-state index is 12.5. The van der Waals surface area contributed by atoms with E-state index in [0.717, 1.165) is 35.6 Å². The van der Waals surface area contributed by atoms with Crippen LogP contribution in [0.4, 0.5) is 0 Å². The maximum Gasteiger partial charge on any atom is 0.220 e. The van der Waals surface area contributed by atoms with Crippen LogP contribution < -0.4 is 10.1 Å². The molecule has 0 bridgehead atoms. The van der Waals surface area contributed by atoms with E-state index in [1.54, 1.807) is 0 Å². The molecule has 1 amide bonds. The zero-order valence-electron chi connectivity index (χ0n) is 17.0. The lowest BCUT2D eigenvalue weighted by Crippen LogP contribution is -2.44. The first-order chi connectivity index (χ1) is 13.5. The predicted octanol–water partition coefficient (Wildman–Crippen LogP) is 3.49. The number of ether oxygens (including phenoxy) is 2. The summed E-state index contributed by atoms with van der Waals surface area (Å²) in [5.41, 5.74) is 3.02. The van der Waals surface area contributed by atoms with Gasteiger partial charge in [0.25, 0.3) is 0 Å². The molecule has 0 spiro atoms. The highest BCUT2D eigenvalue weighted by Gasteiger charge is 2.34. The number of benzene rings is 1. The second-order valence-corrected chi connectivity index (χ2v) is 7.43. The molecule has 1 saturated heterocycles. The highest BCUT2D eigenvalue weighted by atomic mass is 16.5. The summed E-state index contributed by atoms with van der Waals surface area (Å²) in [6.07, 6.45) is 2.86.